The number of cyclic esters (lactones) is 1. The van der Waals surface area contributed by atoms with Crippen molar-refractivity contribution in [1.82, 2.24) is 5.32 Å². The van der Waals surface area contributed by atoms with Gasteiger partial charge in [-0.05, 0) is 136 Å². The maximum absolute atomic E-state index is 15.3. The molecule has 458 valence electrons. The first-order valence-corrected chi connectivity index (χ1v) is 37.3. The number of carbonyl (C=O) groups excluding carboxylic acids is 3. The Kier molecular flexibility index (Phi) is 26.0. The Bertz CT molecular complexity index is 1990. The van der Waals surface area contributed by atoms with Crippen LogP contribution in [-0.2, 0) is 55.5 Å². The van der Waals surface area contributed by atoms with E-state index >= 15 is 4.79 Å². The molecule has 4 bridgehead atoms. The van der Waals surface area contributed by atoms with Crippen LogP contribution in [0, 0.1) is 29.6 Å². The SMILES string of the molecule is CC[C@@H]1/C=C(\C)C[C@H](C)C[C@H](OC)[C@H]2O[C@@](O)(C(O)C(=O)N[C@@H](CCCC=O)C(=O)O[C@H](/C(C)=C/[C@@H]3CC[C@@H](O[Si](C)(C)C(C)(C)C)[C@H](OC)C3)[C@H](C)[C@@H]3C[C@@H]1O[Si](C(C)C)(C(C)C)O[Si](C(C)C)(C(C)C)O3)[C@H](C)C[C@@H]2OC. The lowest BCUT2D eigenvalue weighted by Gasteiger charge is -2.54. The molecule has 0 spiro atoms. The lowest BCUT2D eigenvalue weighted by atomic mass is 9.81. The molecule has 15 nitrogen and oxygen atoms in total. The molecule has 1 amide bonds. The number of carbonyl (C=O) groups is 3. The summed E-state index contributed by atoms with van der Waals surface area (Å²) in [6.07, 6.45) is 5.02. The number of hydrogen-bond donors (Lipinski definition) is 3. The fraction of sp³-hybridized carbons (Fsp3) is 0.885. The molecule has 4 aliphatic rings. The van der Waals surface area contributed by atoms with Crippen LogP contribution in [0.3, 0.4) is 0 Å². The normalized spacial score (nSPS) is 36.9. The molecule has 3 fully saturated rings. The number of rotatable bonds is 16. The number of ether oxygens (including phenoxy) is 5. The first-order chi connectivity index (χ1) is 36.7. The molecule has 1 aliphatic carbocycles. The number of allylic oxidation sites excluding steroid dienone is 2. The van der Waals surface area contributed by atoms with E-state index in [9.17, 15) is 19.8 Å². The van der Waals surface area contributed by atoms with Crippen molar-refractivity contribution in [2.45, 2.75) is 295 Å². The van der Waals surface area contributed by atoms with Gasteiger partial charge in [0.25, 0.3) is 5.91 Å². The maximum atomic E-state index is 15.3. The molecule has 79 heavy (non-hydrogen) atoms. The third-order valence-electron chi connectivity index (χ3n) is 19.0. The van der Waals surface area contributed by atoms with Crippen LogP contribution in [0.1, 0.15) is 188 Å². The quantitative estimate of drug-likeness (QED) is 0.0435. The fourth-order valence-corrected chi connectivity index (χ4v) is 25.9. The van der Waals surface area contributed by atoms with Gasteiger partial charge in [-0.1, -0.05) is 122 Å². The van der Waals surface area contributed by atoms with E-state index in [0.29, 0.717) is 19.3 Å². The number of unbranched alkanes of at least 4 members (excludes halogenated alkanes) is 1. The minimum atomic E-state index is -3.22. The van der Waals surface area contributed by atoms with E-state index < -0.39 is 97.6 Å². The molecule has 3 N–H and O–H groups in total. The third kappa shape index (κ3) is 16.6. The van der Waals surface area contributed by atoms with E-state index in [1.54, 1.807) is 28.3 Å². The molecule has 2 saturated heterocycles. The van der Waals surface area contributed by atoms with Crippen LogP contribution >= 0.6 is 0 Å². The second-order valence-electron chi connectivity index (χ2n) is 27.3. The highest BCUT2D eigenvalue weighted by Gasteiger charge is 2.61. The number of methoxy groups -OCH3 is 3. The number of fused-ring (bicyclic) bond motifs is 4. The maximum Gasteiger partial charge on any atom is 0.334 e. The van der Waals surface area contributed by atoms with E-state index in [2.05, 4.69) is 134 Å². The van der Waals surface area contributed by atoms with Crippen molar-refractivity contribution in [3.8, 4) is 0 Å². The van der Waals surface area contributed by atoms with Crippen LogP contribution in [0.25, 0.3) is 0 Å². The van der Waals surface area contributed by atoms with E-state index in [1.807, 2.05) is 6.92 Å². The minimum Gasteiger partial charge on any atom is -0.456 e. The van der Waals surface area contributed by atoms with Crippen LogP contribution in [0.5, 0.6) is 0 Å². The van der Waals surface area contributed by atoms with Gasteiger partial charge in [-0.2, -0.15) is 0 Å². The Morgan fingerprint density at radius 2 is 1.41 bits per heavy atom. The number of aldehydes is 1. The Morgan fingerprint density at radius 1 is 0.848 bits per heavy atom. The zero-order chi connectivity index (χ0) is 59.7. The van der Waals surface area contributed by atoms with E-state index in [4.69, 9.17) is 41.1 Å². The number of aliphatic hydroxyl groups is 2. The van der Waals surface area contributed by atoms with Gasteiger partial charge in [0.2, 0.25) is 5.79 Å². The lowest BCUT2D eigenvalue weighted by molar-refractivity contribution is -0.345. The largest absolute Gasteiger partial charge is 0.456 e. The molecule has 0 radical (unpaired) electrons. The molecule has 18 heteroatoms. The summed E-state index contributed by atoms with van der Waals surface area (Å²) in [6.45, 7) is 41.6. The second-order valence-corrected chi connectivity index (χ2v) is 40.9. The summed E-state index contributed by atoms with van der Waals surface area (Å²) in [5.41, 5.74) is 2.31. The average molecular weight is 1170 g/mol. The summed E-state index contributed by atoms with van der Waals surface area (Å²) in [5, 5.41) is 27.2. The molecular formula is C61H113NO14Si3. The highest BCUT2D eigenvalue weighted by atomic mass is 28.5. The van der Waals surface area contributed by atoms with Crippen LogP contribution < -0.4 is 5.32 Å². The van der Waals surface area contributed by atoms with E-state index in [0.717, 1.165) is 37.5 Å². The van der Waals surface area contributed by atoms with Crippen molar-refractivity contribution in [1.29, 1.82) is 0 Å². The molecule has 3 aliphatic heterocycles. The lowest BCUT2D eigenvalue weighted by Crippen LogP contribution is -2.66. The Balaban J connectivity index is 2.02. The number of aliphatic hydroxyl groups excluding tert-OH is 1. The van der Waals surface area contributed by atoms with Crippen LogP contribution in [-0.4, -0.2) is 142 Å². The van der Waals surface area contributed by atoms with Gasteiger partial charge in [0, 0.05) is 45.5 Å². The smallest absolute Gasteiger partial charge is 0.334 e. The molecule has 0 aromatic carbocycles. The van der Waals surface area contributed by atoms with Crippen LogP contribution in [0.4, 0.5) is 0 Å². The first-order valence-electron chi connectivity index (χ1n) is 30.4. The zero-order valence-electron chi connectivity index (χ0n) is 53.3. The van der Waals surface area contributed by atoms with Gasteiger partial charge in [0.1, 0.15) is 24.5 Å². The monoisotopic (exact) mass is 1170 g/mol. The summed E-state index contributed by atoms with van der Waals surface area (Å²) in [6, 6.07) is -1.31. The standard InChI is InChI=1S/C61H113NO14Si3/c1-23-47-31-41(10)30-42(11)32-53(69-19)56-54(70-20)34-44(13)61(67,72-56)57(64)58(65)62-48(26-24-25-29-63)59(66)71-55(43(12)33-46-27-28-49(52(35-46)68-18)73-77(21,22)60(15,16)17)45(14)50-36-51(47)75-79(39(6)7,40(8)9)76-78(74-50,37(2)3)38(4)5/h29,31,33,37-40,42,44-57,64,67H,23-28,30,32,34-36H2,1-22H3,(H,62,65)/b41-31+,43-33+/t42-,44+,45+,46-,47+,48-,49+,50-,51-,52+,53-,54-,55+,56+,57?,61+/m0/s1. The van der Waals surface area contributed by atoms with E-state index in [1.165, 1.54) is 5.57 Å². The summed E-state index contributed by atoms with van der Waals surface area (Å²) < 4.78 is 62.4. The van der Waals surface area contributed by atoms with Gasteiger partial charge >= 0.3 is 23.1 Å². The Morgan fingerprint density at radius 3 is 1.92 bits per heavy atom. The molecule has 4 rings (SSSR count). The third-order valence-corrected chi connectivity index (χ3v) is 33.9. The van der Waals surface area contributed by atoms with Crippen molar-refractivity contribution in [3.63, 3.8) is 0 Å². The molecule has 0 aromatic rings. The van der Waals surface area contributed by atoms with Crippen LogP contribution in [0.2, 0.25) is 40.3 Å². The number of esters is 1. The zero-order valence-corrected chi connectivity index (χ0v) is 56.3. The Labute approximate surface area is 482 Å². The highest BCUT2D eigenvalue weighted by molar-refractivity contribution is 6.84. The summed E-state index contributed by atoms with van der Waals surface area (Å²) >= 11 is 0. The van der Waals surface area contributed by atoms with Gasteiger partial charge in [-0.3, -0.25) is 4.79 Å². The molecule has 1 unspecified atom stereocenters. The predicted molar refractivity (Wildman–Crippen MR) is 319 cm³/mol. The summed E-state index contributed by atoms with van der Waals surface area (Å²) in [7, 11) is -3.49. The van der Waals surface area contributed by atoms with Gasteiger partial charge in [0.05, 0.1) is 36.6 Å². The molecule has 16 atom stereocenters. The van der Waals surface area contributed by atoms with Crippen molar-refractivity contribution < 1.29 is 65.7 Å². The van der Waals surface area contributed by atoms with Gasteiger partial charge in [0.15, 0.2) is 14.4 Å². The molecule has 0 aromatic heterocycles. The summed E-state index contributed by atoms with van der Waals surface area (Å²) in [5.74, 6) is -5.24. The predicted octanol–water partition coefficient (Wildman–Crippen LogP) is 12.2. The van der Waals surface area contributed by atoms with Crippen molar-refractivity contribution in [2.75, 3.05) is 21.3 Å². The topological polar surface area (TPSA) is 187 Å². The molecular weight excluding hydrogens is 1050 g/mol. The first kappa shape index (κ1) is 69.8. The van der Waals surface area contributed by atoms with Crippen molar-refractivity contribution in [2.24, 2.45) is 29.6 Å². The Hall–Kier alpha value is -1.66. The van der Waals surface area contributed by atoms with Gasteiger partial charge < -0.3 is 61.4 Å². The van der Waals surface area contributed by atoms with Gasteiger partial charge in [-0.25, -0.2) is 4.79 Å². The average Bonchev–Trinajstić information content (AvgIpc) is 3.47. The van der Waals surface area contributed by atoms with E-state index in [-0.39, 0.29) is 89.0 Å². The number of amides is 1. The van der Waals surface area contributed by atoms with Crippen LogP contribution in [0.15, 0.2) is 23.3 Å². The molecule has 1 saturated carbocycles. The summed E-state index contributed by atoms with van der Waals surface area (Å²) in [4.78, 5) is 41.6. The number of nitrogens with one attached hydrogen (secondary N) is 1. The van der Waals surface area contributed by atoms with Crippen molar-refractivity contribution in [3.05, 3.63) is 23.3 Å². The highest BCUT2D eigenvalue weighted by Crippen LogP contribution is 2.50. The second kappa shape index (κ2) is 29.4. The number of hydrogen-bond acceptors (Lipinski definition) is 14. The fourth-order valence-electron chi connectivity index (χ4n) is 13.1. The minimum absolute atomic E-state index is 0.0274. The van der Waals surface area contributed by atoms with Crippen molar-refractivity contribution >= 4 is 43.6 Å². The molecule has 3 heterocycles. The van der Waals surface area contributed by atoms with Gasteiger partial charge in [-0.15, -0.1) is 0 Å².